The second kappa shape index (κ2) is 7.54. The number of benzene rings is 3. The van der Waals surface area contributed by atoms with Gasteiger partial charge in [-0.05, 0) is 41.7 Å². The predicted molar refractivity (Wildman–Crippen MR) is 105 cm³/mol. The van der Waals surface area contributed by atoms with Crippen LogP contribution in [0.3, 0.4) is 0 Å². The number of hydrogen-bond acceptors (Lipinski definition) is 2. The molecular formula is C23H24N2. The molecule has 3 aromatic rings. The Balaban J connectivity index is 1.51. The summed E-state index contributed by atoms with van der Waals surface area (Å²) in [5.41, 5.74) is 6.94. The molecule has 1 heterocycles. The number of para-hydroxylation sites is 2. The van der Waals surface area contributed by atoms with Gasteiger partial charge < -0.3 is 10.2 Å². The molecule has 1 N–H and O–H groups in total. The van der Waals surface area contributed by atoms with Crippen LogP contribution in [0, 0.1) is 0 Å². The van der Waals surface area contributed by atoms with Gasteiger partial charge in [-0.25, -0.2) is 0 Å². The number of hydrogen-bond donors (Lipinski definition) is 1. The minimum Gasteiger partial charge on any atom is -0.340 e. The van der Waals surface area contributed by atoms with Gasteiger partial charge in [-0.3, -0.25) is 0 Å². The van der Waals surface area contributed by atoms with Crippen molar-refractivity contribution >= 4 is 11.4 Å². The lowest BCUT2D eigenvalue weighted by Crippen LogP contribution is -2.29. The predicted octanol–water partition coefficient (Wildman–Crippen LogP) is 4.71. The Morgan fingerprint density at radius 1 is 0.680 bits per heavy atom. The van der Waals surface area contributed by atoms with E-state index in [4.69, 9.17) is 0 Å². The Kier molecular flexibility index (Phi) is 4.80. The van der Waals surface area contributed by atoms with Crippen molar-refractivity contribution in [1.29, 1.82) is 0 Å². The van der Waals surface area contributed by atoms with E-state index < -0.39 is 0 Å². The lowest BCUT2D eigenvalue weighted by Gasteiger charge is -2.27. The normalized spacial score (nSPS) is 13.0. The van der Waals surface area contributed by atoms with Gasteiger partial charge in [0.15, 0.2) is 0 Å². The van der Waals surface area contributed by atoms with Crippen LogP contribution in [0.2, 0.25) is 0 Å². The first-order valence-corrected chi connectivity index (χ1v) is 9.10. The Morgan fingerprint density at radius 2 is 1.24 bits per heavy atom. The smallest absolute Gasteiger partial charge is 0.0443 e. The fourth-order valence-electron chi connectivity index (χ4n) is 3.63. The van der Waals surface area contributed by atoms with Crippen molar-refractivity contribution < 1.29 is 0 Å². The van der Waals surface area contributed by atoms with Gasteiger partial charge in [0, 0.05) is 31.0 Å². The molecule has 2 nitrogen and oxygen atoms in total. The van der Waals surface area contributed by atoms with Crippen molar-refractivity contribution in [3.63, 3.8) is 0 Å². The monoisotopic (exact) mass is 328 g/mol. The van der Waals surface area contributed by atoms with Crippen LogP contribution >= 0.6 is 0 Å². The largest absolute Gasteiger partial charge is 0.340 e. The van der Waals surface area contributed by atoms with Crippen LogP contribution in [0.1, 0.15) is 16.7 Å². The molecule has 0 saturated carbocycles. The highest BCUT2D eigenvalue weighted by molar-refractivity contribution is 5.71. The standard InChI is InChI=1S/C23H24N2/c1-2-8-19(9-3-1)18-24-16-17-25-22-12-6-4-10-20(22)14-15-21-11-5-7-13-23(21)25/h1-13,24H,14-18H2. The average Bonchev–Trinajstić information content (AvgIpc) is 2.83. The molecule has 1 aliphatic heterocycles. The summed E-state index contributed by atoms with van der Waals surface area (Å²) < 4.78 is 0. The SMILES string of the molecule is c1ccc(CNCCN2c3ccccc3CCc3ccccc32)cc1. The Hall–Kier alpha value is -2.58. The molecule has 0 bridgehead atoms. The summed E-state index contributed by atoms with van der Waals surface area (Å²) in [7, 11) is 0. The van der Waals surface area contributed by atoms with E-state index in [-0.39, 0.29) is 0 Å². The lowest BCUT2D eigenvalue weighted by atomic mass is 10.0. The van der Waals surface area contributed by atoms with Gasteiger partial charge in [0.2, 0.25) is 0 Å². The topological polar surface area (TPSA) is 15.3 Å². The minimum atomic E-state index is 0.915. The van der Waals surface area contributed by atoms with E-state index in [1.165, 1.54) is 28.1 Å². The van der Waals surface area contributed by atoms with E-state index in [1.54, 1.807) is 0 Å². The maximum atomic E-state index is 3.59. The second-order valence-corrected chi connectivity index (χ2v) is 6.57. The van der Waals surface area contributed by atoms with Gasteiger partial charge in [-0.15, -0.1) is 0 Å². The van der Waals surface area contributed by atoms with Crippen LogP contribution in [0.5, 0.6) is 0 Å². The molecular weight excluding hydrogens is 304 g/mol. The van der Waals surface area contributed by atoms with Gasteiger partial charge in [0.25, 0.3) is 0 Å². The molecule has 0 radical (unpaired) electrons. The van der Waals surface area contributed by atoms with Gasteiger partial charge in [-0.2, -0.15) is 0 Å². The fraction of sp³-hybridized carbons (Fsp3) is 0.217. The van der Waals surface area contributed by atoms with Crippen molar-refractivity contribution in [2.75, 3.05) is 18.0 Å². The summed E-state index contributed by atoms with van der Waals surface area (Å²) >= 11 is 0. The third-order valence-electron chi connectivity index (χ3n) is 4.91. The zero-order chi connectivity index (χ0) is 16.9. The Labute approximate surface area is 150 Å². The molecule has 0 fully saturated rings. The maximum Gasteiger partial charge on any atom is 0.0443 e. The summed E-state index contributed by atoms with van der Waals surface area (Å²) in [5.74, 6) is 0. The number of fused-ring (bicyclic) bond motifs is 2. The van der Waals surface area contributed by atoms with Gasteiger partial charge in [0.1, 0.15) is 0 Å². The Morgan fingerprint density at radius 3 is 1.88 bits per heavy atom. The van der Waals surface area contributed by atoms with E-state index in [9.17, 15) is 0 Å². The molecule has 0 aliphatic carbocycles. The maximum absolute atomic E-state index is 3.59. The van der Waals surface area contributed by atoms with Gasteiger partial charge >= 0.3 is 0 Å². The summed E-state index contributed by atoms with van der Waals surface area (Å²) in [5, 5.41) is 3.59. The summed E-state index contributed by atoms with van der Waals surface area (Å²) in [4.78, 5) is 2.48. The molecule has 0 aromatic heterocycles. The molecule has 4 rings (SSSR count). The van der Waals surface area contributed by atoms with E-state index in [0.717, 1.165) is 32.5 Å². The molecule has 1 aliphatic rings. The molecule has 3 aromatic carbocycles. The van der Waals surface area contributed by atoms with Crippen molar-refractivity contribution in [2.45, 2.75) is 19.4 Å². The van der Waals surface area contributed by atoms with Gasteiger partial charge in [-0.1, -0.05) is 66.7 Å². The molecule has 2 heteroatoms. The first-order chi connectivity index (χ1) is 12.4. The summed E-state index contributed by atoms with van der Waals surface area (Å²) in [6.07, 6.45) is 2.22. The number of rotatable bonds is 5. The first-order valence-electron chi connectivity index (χ1n) is 9.10. The van der Waals surface area contributed by atoms with E-state index >= 15 is 0 Å². The van der Waals surface area contributed by atoms with Crippen LogP contribution in [-0.2, 0) is 19.4 Å². The molecule has 25 heavy (non-hydrogen) atoms. The number of nitrogens with zero attached hydrogens (tertiary/aromatic N) is 1. The molecule has 0 atom stereocenters. The molecule has 126 valence electrons. The summed E-state index contributed by atoms with van der Waals surface area (Å²) in [6.45, 7) is 2.84. The summed E-state index contributed by atoms with van der Waals surface area (Å²) in [6, 6.07) is 28.3. The third-order valence-corrected chi connectivity index (χ3v) is 4.91. The number of nitrogens with one attached hydrogen (secondary N) is 1. The number of aryl methyl sites for hydroxylation is 2. The van der Waals surface area contributed by atoms with E-state index in [2.05, 4.69) is 89.1 Å². The zero-order valence-electron chi connectivity index (χ0n) is 14.5. The van der Waals surface area contributed by atoms with Gasteiger partial charge in [0.05, 0.1) is 0 Å². The quantitative estimate of drug-likeness (QED) is 0.682. The highest BCUT2D eigenvalue weighted by Gasteiger charge is 2.19. The van der Waals surface area contributed by atoms with Crippen LogP contribution < -0.4 is 10.2 Å². The van der Waals surface area contributed by atoms with Crippen LogP contribution in [0.15, 0.2) is 78.9 Å². The van der Waals surface area contributed by atoms with Crippen molar-refractivity contribution in [2.24, 2.45) is 0 Å². The molecule has 0 amide bonds. The first kappa shape index (κ1) is 15.9. The Bertz CT molecular complexity index is 779. The molecule has 0 saturated heterocycles. The van der Waals surface area contributed by atoms with Crippen molar-refractivity contribution in [3.05, 3.63) is 95.6 Å². The number of anilines is 2. The van der Waals surface area contributed by atoms with Crippen molar-refractivity contribution in [1.82, 2.24) is 5.32 Å². The second-order valence-electron chi connectivity index (χ2n) is 6.57. The minimum absolute atomic E-state index is 0.915. The zero-order valence-corrected chi connectivity index (χ0v) is 14.5. The fourth-order valence-corrected chi connectivity index (χ4v) is 3.63. The van der Waals surface area contributed by atoms with E-state index in [1.807, 2.05) is 0 Å². The van der Waals surface area contributed by atoms with E-state index in [0.29, 0.717) is 0 Å². The molecule has 0 unspecified atom stereocenters. The third kappa shape index (κ3) is 3.59. The van der Waals surface area contributed by atoms with Crippen LogP contribution in [-0.4, -0.2) is 13.1 Å². The highest BCUT2D eigenvalue weighted by atomic mass is 15.2. The van der Waals surface area contributed by atoms with Crippen LogP contribution in [0.4, 0.5) is 11.4 Å². The van der Waals surface area contributed by atoms with Crippen molar-refractivity contribution in [3.8, 4) is 0 Å². The highest BCUT2D eigenvalue weighted by Crippen LogP contribution is 2.35. The molecule has 0 spiro atoms. The average molecular weight is 328 g/mol. The van der Waals surface area contributed by atoms with Crippen LogP contribution in [0.25, 0.3) is 0 Å². The lowest BCUT2D eigenvalue weighted by molar-refractivity contribution is 0.687.